The van der Waals surface area contributed by atoms with Crippen LogP contribution in [0.5, 0.6) is 5.75 Å². The molecule has 0 aliphatic carbocycles. The first-order chi connectivity index (χ1) is 17.3. The number of halogens is 1. The van der Waals surface area contributed by atoms with Gasteiger partial charge in [0.1, 0.15) is 24.3 Å². The number of carbonyl (C=O) groups excluding carboxylic acids is 3. The fourth-order valence-corrected chi connectivity index (χ4v) is 4.68. The topological polar surface area (TPSA) is 97.0 Å². The Morgan fingerprint density at radius 2 is 1.97 bits per heavy atom. The number of ether oxygens (including phenoxy) is 2. The van der Waals surface area contributed by atoms with Crippen LogP contribution in [-0.4, -0.2) is 54.5 Å². The number of likely N-dealkylation sites (N-methyl/N-ethyl adjacent to an activating group) is 1. The molecule has 0 radical (unpaired) electrons. The second kappa shape index (κ2) is 11.5. The van der Waals surface area contributed by atoms with E-state index in [-0.39, 0.29) is 61.4 Å². The first kappa shape index (κ1) is 25.6. The molecule has 2 aliphatic heterocycles. The maximum absolute atomic E-state index is 13.3. The zero-order chi connectivity index (χ0) is 25.7. The first-order valence-electron chi connectivity index (χ1n) is 12.3. The molecule has 1 fully saturated rings. The van der Waals surface area contributed by atoms with Crippen molar-refractivity contribution in [1.82, 2.24) is 10.2 Å². The van der Waals surface area contributed by atoms with E-state index in [1.54, 1.807) is 42.3 Å². The lowest BCUT2D eigenvalue weighted by molar-refractivity contribution is -0.134. The zero-order valence-electron chi connectivity index (χ0n) is 20.6. The Balaban J connectivity index is 1.37. The van der Waals surface area contributed by atoms with Crippen molar-refractivity contribution in [2.45, 2.75) is 63.8 Å². The largest absolute Gasteiger partial charge is 0.490 e. The second-order valence-electron chi connectivity index (χ2n) is 9.29. The summed E-state index contributed by atoms with van der Waals surface area (Å²) in [5, 5.41) is 5.63. The fraction of sp³-hybridized carbons (Fsp3) is 0.444. The van der Waals surface area contributed by atoms with Crippen LogP contribution in [0.2, 0.25) is 0 Å². The molecule has 192 valence electrons. The van der Waals surface area contributed by atoms with E-state index in [0.717, 1.165) is 6.42 Å². The van der Waals surface area contributed by atoms with Crippen LogP contribution in [0.4, 0.5) is 10.1 Å². The zero-order valence-corrected chi connectivity index (χ0v) is 20.6. The van der Waals surface area contributed by atoms with Crippen molar-refractivity contribution < 1.29 is 28.2 Å². The van der Waals surface area contributed by atoms with Crippen LogP contribution in [0, 0.1) is 5.82 Å². The minimum Gasteiger partial charge on any atom is -0.490 e. The van der Waals surface area contributed by atoms with Gasteiger partial charge in [-0.1, -0.05) is 19.1 Å². The van der Waals surface area contributed by atoms with E-state index in [1.165, 1.54) is 12.1 Å². The predicted octanol–water partition coefficient (Wildman–Crippen LogP) is 3.65. The van der Waals surface area contributed by atoms with Gasteiger partial charge in [-0.25, -0.2) is 4.39 Å². The quantitative estimate of drug-likeness (QED) is 0.609. The summed E-state index contributed by atoms with van der Waals surface area (Å²) >= 11 is 0. The molecule has 0 unspecified atom stereocenters. The lowest BCUT2D eigenvalue weighted by Gasteiger charge is -2.42. The SMILES string of the molecule is CCCC(=O)Nc1ccc2c(c1)C(=O)N(C)[C@H]1CC[C@H](CC(=O)NCc3cccc(F)c3)O[C@@H]1CO2. The van der Waals surface area contributed by atoms with E-state index in [4.69, 9.17) is 9.47 Å². The molecule has 9 heteroatoms. The van der Waals surface area contributed by atoms with Crippen LogP contribution in [0.1, 0.15) is 54.9 Å². The van der Waals surface area contributed by atoms with Crippen LogP contribution in [0.15, 0.2) is 42.5 Å². The van der Waals surface area contributed by atoms with Gasteiger partial charge in [0.25, 0.3) is 5.91 Å². The first-order valence-corrected chi connectivity index (χ1v) is 12.3. The van der Waals surface area contributed by atoms with E-state index in [1.807, 2.05) is 6.92 Å². The number of rotatable bonds is 7. The Labute approximate surface area is 210 Å². The number of anilines is 1. The average molecular weight is 498 g/mol. The highest BCUT2D eigenvalue weighted by Crippen LogP contribution is 2.32. The summed E-state index contributed by atoms with van der Waals surface area (Å²) in [6, 6.07) is 11.0. The number of hydrogen-bond acceptors (Lipinski definition) is 5. The molecule has 0 spiro atoms. The van der Waals surface area contributed by atoms with Crippen molar-refractivity contribution in [3.8, 4) is 5.75 Å². The van der Waals surface area contributed by atoms with Crippen LogP contribution in [0.3, 0.4) is 0 Å². The summed E-state index contributed by atoms with van der Waals surface area (Å²) in [6.45, 7) is 2.41. The fourth-order valence-electron chi connectivity index (χ4n) is 4.68. The molecule has 1 saturated heterocycles. The Kier molecular flexibility index (Phi) is 8.20. The number of amides is 3. The van der Waals surface area contributed by atoms with Gasteiger partial charge in [0.2, 0.25) is 11.8 Å². The Hall–Kier alpha value is -3.46. The number of nitrogens with zero attached hydrogens (tertiary/aromatic N) is 1. The van der Waals surface area contributed by atoms with Gasteiger partial charge in [0.05, 0.1) is 24.1 Å². The lowest BCUT2D eigenvalue weighted by atomic mass is 9.94. The molecule has 8 nitrogen and oxygen atoms in total. The van der Waals surface area contributed by atoms with Crippen LogP contribution >= 0.6 is 0 Å². The summed E-state index contributed by atoms with van der Waals surface area (Å²) in [7, 11) is 1.74. The van der Waals surface area contributed by atoms with Gasteiger partial charge in [-0.05, 0) is 55.2 Å². The van der Waals surface area contributed by atoms with Gasteiger partial charge in [0.15, 0.2) is 0 Å². The average Bonchev–Trinajstić information content (AvgIpc) is 2.85. The van der Waals surface area contributed by atoms with Gasteiger partial charge in [-0.15, -0.1) is 0 Å². The molecule has 0 aromatic heterocycles. The highest BCUT2D eigenvalue weighted by Gasteiger charge is 2.39. The van der Waals surface area contributed by atoms with Gasteiger partial charge in [-0.3, -0.25) is 14.4 Å². The highest BCUT2D eigenvalue weighted by atomic mass is 19.1. The molecule has 2 aliphatic rings. The van der Waals surface area contributed by atoms with Crippen molar-refractivity contribution >= 4 is 23.4 Å². The normalized spacial score (nSPS) is 21.4. The van der Waals surface area contributed by atoms with E-state index in [0.29, 0.717) is 41.8 Å². The van der Waals surface area contributed by atoms with E-state index >= 15 is 0 Å². The lowest BCUT2D eigenvalue weighted by Crippen LogP contribution is -2.53. The summed E-state index contributed by atoms with van der Waals surface area (Å²) in [5.74, 6) is -0.400. The molecule has 36 heavy (non-hydrogen) atoms. The van der Waals surface area contributed by atoms with Gasteiger partial charge in [-0.2, -0.15) is 0 Å². The Morgan fingerprint density at radius 3 is 2.75 bits per heavy atom. The Morgan fingerprint density at radius 1 is 1.14 bits per heavy atom. The Bertz CT molecular complexity index is 1120. The smallest absolute Gasteiger partial charge is 0.257 e. The maximum atomic E-state index is 13.3. The van der Waals surface area contributed by atoms with E-state index < -0.39 is 0 Å². The molecule has 2 heterocycles. The molecule has 2 aromatic rings. The molecular weight excluding hydrogens is 465 g/mol. The van der Waals surface area contributed by atoms with E-state index in [2.05, 4.69) is 10.6 Å². The van der Waals surface area contributed by atoms with Crippen molar-refractivity contribution in [1.29, 1.82) is 0 Å². The third-order valence-corrected chi connectivity index (χ3v) is 6.56. The molecule has 4 rings (SSSR count). The number of nitrogens with one attached hydrogen (secondary N) is 2. The maximum Gasteiger partial charge on any atom is 0.257 e. The standard InChI is InChI=1S/C27H32FN3O5/c1-3-5-25(32)30-19-8-11-23-21(13-19)27(34)31(2)22-10-9-20(36-24(22)16-35-23)14-26(33)29-15-17-6-4-7-18(28)12-17/h4,6-8,11-13,20,22,24H,3,5,9-10,14-16H2,1-2H3,(H,29,33)(H,30,32)/t20-,22+,24-/m1/s1. The monoisotopic (exact) mass is 497 g/mol. The minimum absolute atomic E-state index is 0.100. The second-order valence-corrected chi connectivity index (χ2v) is 9.29. The number of benzene rings is 2. The molecule has 0 bridgehead atoms. The van der Waals surface area contributed by atoms with Crippen molar-refractivity contribution in [3.63, 3.8) is 0 Å². The van der Waals surface area contributed by atoms with Crippen molar-refractivity contribution in [2.75, 3.05) is 19.0 Å². The predicted molar refractivity (Wildman–Crippen MR) is 132 cm³/mol. The summed E-state index contributed by atoms with van der Waals surface area (Å²) in [6.07, 6.45) is 1.92. The molecule has 2 aromatic carbocycles. The van der Waals surface area contributed by atoms with E-state index in [9.17, 15) is 18.8 Å². The molecule has 0 saturated carbocycles. The van der Waals surface area contributed by atoms with Crippen molar-refractivity contribution in [3.05, 3.63) is 59.4 Å². The third kappa shape index (κ3) is 6.20. The number of fused-ring (bicyclic) bond motifs is 2. The van der Waals surface area contributed by atoms with Gasteiger partial charge >= 0.3 is 0 Å². The molecular formula is C27H32FN3O5. The summed E-state index contributed by atoms with van der Waals surface area (Å²) in [4.78, 5) is 39.4. The highest BCUT2D eigenvalue weighted by molar-refractivity contribution is 5.99. The van der Waals surface area contributed by atoms with Crippen LogP contribution in [-0.2, 0) is 20.9 Å². The van der Waals surface area contributed by atoms with Crippen molar-refractivity contribution in [2.24, 2.45) is 0 Å². The molecule has 2 N–H and O–H groups in total. The summed E-state index contributed by atoms with van der Waals surface area (Å²) < 4.78 is 25.5. The minimum atomic E-state index is -0.384. The van der Waals surface area contributed by atoms with Crippen LogP contribution < -0.4 is 15.4 Å². The number of carbonyl (C=O) groups is 3. The van der Waals surface area contributed by atoms with Gasteiger partial charge < -0.3 is 25.0 Å². The number of hydrogen-bond donors (Lipinski definition) is 2. The van der Waals surface area contributed by atoms with Crippen LogP contribution in [0.25, 0.3) is 0 Å². The third-order valence-electron chi connectivity index (χ3n) is 6.56. The van der Waals surface area contributed by atoms with Gasteiger partial charge in [0, 0.05) is 25.7 Å². The molecule has 3 amide bonds. The molecule has 3 atom stereocenters. The summed E-state index contributed by atoms with van der Waals surface area (Å²) in [5.41, 5.74) is 1.64.